The summed E-state index contributed by atoms with van der Waals surface area (Å²) in [5, 5.41) is 0. The van der Waals surface area contributed by atoms with Gasteiger partial charge < -0.3 is 4.74 Å². The molecule has 2 rings (SSSR count). The molecule has 0 bridgehead atoms. The van der Waals surface area contributed by atoms with E-state index < -0.39 is 21.4 Å². The van der Waals surface area contributed by atoms with Gasteiger partial charge in [-0.3, -0.25) is 0 Å². The Labute approximate surface area is 136 Å². The van der Waals surface area contributed by atoms with E-state index in [4.69, 9.17) is 4.74 Å². The number of hydrogen-bond acceptors (Lipinski definition) is 3. The summed E-state index contributed by atoms with van der Waals surface area (Å²) in [5.41, 5.74) is 0.0563. The molecule has 1 atom stereocenters. The summed E-state index contributed by atoms with van der Waals surface area (Å²) < 4.78 is 46.5. The van der Waals surface area contributed by atoms with Crippen LogP contribution in [0, 0.1) is 5.82 Å². The molecular weight excluding hydrogens is 317 g/mol. The van der Waals surface area contributed by atoms with Gasteiger partial charge in [-0.2, -0.15) is 0 Å². The third-order valence-electron chi connectivity index (χ3n) is 3.94. The minimum Gasteiger partial charge on any atom is -0.372 e. The first-order valence-electron chi connectivity index (χ1n) is 7.30. The lowest BCUT2D eigenvalue weighted by molar-refractivity contribution is -0.0133. The highest BCUT2D eigenvalue weighted by molar-refractivity contribution is 7.89. The quantitative estimate of drug-likeness (QED) is 0.845. The molecule has 0 aliphatic rings. The highest BCUT2D eigenvalue weighted by Crippen LogP contribution is 2.28. The number of nitrogens with one attached hydrogen (secondary N) is 1. The lowest BCUT2D eigenvalue weighted by atomic mass is 9.91. The molecule has 0 aliphatic carbocycles. The first-order valence-corrected chi connectivity index (χ1v) is 8.78. The fourth-order valence-electron chi connectivity index (χ4n) is 2.46. The van der Waals surface area contributed by atoms with E-state index in [0.29, 0.717) is 6.42 Å². The Hall–Kier alpha value is -1.76. The normalized spacial score (nSPS) is 14.4. The van der Waals surface area contributed by atoms with Gasteiger partial charge in [0.25, 0.3) is 0 Å². The van der Waals surface area contributed by atoms with Crippen LogP contribution in [0.15, 0.2) is 59.5 Å². The maximum absolute atomic E-state index is 13.7. The van der Waals surface area contributed by atoms with E-state index in [-0.39, 0.29) is 11.4 Å². The zero-order chi connectivity index (χ0) is 16.9. The number of hydrogen-bond donors (Lipinski definition) is 1. The summed E-state index contributed by atoms with van der Waals surface area (Å²) in [7, 11) is -2.42. The molecule has 4 nitrogen and oxygen atoms in total. The zero-order valence-corrected chi connectivity index (χ0v) is 13.9. The van der Waals surface area contributed by atoms with E-state index in [1.54, 1.807) is 0 Å². The number of halogens is 1. The van der Waals surface area contributed by atoms with Gasteiger partial charge in [-0.1, -0.05) is 49.4 Å². The maximum Gasteiger partial charge on any atom is 0.243 e. The van der Waals surface area contributed by atoms with Crippen LogP contribution >= 0.6 is 0 Å². The van der Waals surface area contributed by atoms with Crippen LogP contribution in [0.25, 0.3) is 0 Å². The maximum atomic E-state index is 13.7. The Balaban J connectivity index is 2.28. The smallest absolute Gasteiger partial charge is 0.243 e. The van der Waals surface area contributed by atoms with E-state index in [0.717, 1.165) is 11.6 Å². The zero-order valence-electron chi connectivity index (χ0n) is 13.1. The number of methoxy groups -OCH3 is 1. The Morgan fingerprint density at radius 1 is 1.09 bits per heavy atom. The van der Waals surface area contributed by atoms with Crippen LogP contribution in [0.1, 0.15) is 18.9 Å². The van der Waals surface area contributed by atoms with Gasteiger partial charge in [-0.15, -0.1) is 0 Å². The van der Waals surface area contributed by atoms with Crippen LogP contribution in [0.2, 0.25) is 0 Å². The lowest BCUT2D eigenvalue weighted by Gasteiger charge is -2.32. The van der Waals surface area contributed by atoms with Crippen LogP contribution in [0.4, 0.5) is 4.39 Å². The highest BCUT2D eigenvalue weighted by Gasteiger charge is 2.32. The van der Waals surface area contributed by atoms with Crippen LogP contribution in [-0.2, 0) is 20.4 Å². The van der Waals surface area contributed by atoms with Gasteiger partial charge in [0.1, 0.15) is 16.3 Å². The Bertz CT molecular complexity index is 743. The molecule has 0 spiro atoms. The molecule has 0 aromatic heterocycles. The van der Waals surface area contributed by atoms with Crippen LogP contribution in [0.5, 0.6) is 0 Å². The minimum atomic E-state index is -3.96. The molecule has 0 radical (unpaired) electrons. The molecule has 23 heavy (non-hydrogen) atoms. The van der Waals surface area contributed by atoms with Crippen LogP contribution < -0.4 is 4.72 Å². The van der Waals surface area contributed by atoms with Gasteiger partial charge in [-0.25, -0.2) is 17.5 Å². The van der Waals surface area contributed by atoms with Crippen molar-refractivity contribution in [3.8, 4) is 0 Å². The number of sulfonamides is 1. The summed E-state index contributed by atoms with van der Waals surface area (Å²) >= 11 is 0. The molecule has 2 aromatic rings. The number of rotatable bonds is 7. The van der Waals surface area contributed by atoms with Crippen LogP contribution in [0.3, 0.4) is 0 Å². The summed E-state index contributed by atoms with van der Waals surface area (Å²) in [4.78, 5) is -0.367. The van der Waals surface area contributed by atoms with Crippen molar-refractivity contribution < 1.29 is 17.5 Å². The molecule has 0 saturated heterocycles. The second-order valence-electron chi connectivity index (χ2n) is 5.17. The minimum absolute atomic E-state index is 0.0146. The van der Waals surface area contributed by atoms with Gasteiger partial charge >= 0.3 is 0 Å². The molecule has 0 fully saturated rings. The SMILES string of the molecule is CCC(CNS(=O)(=O)c1ccccc1F)(OC)c1ccccc1. The van der Waals surface area contributed by atoms with E-state index in [1.165, 1.54) is 25.3 Å². The van der Waals surface area contributed by atoms with E-state index in [1.807, 2.05) is 37.3 Å². The van der Waals surface area contributed by atoms with Crippen molar-refractivity contribution in [3.63, 3.8) is 0 Å². The summed E-state index contributed by atoms with van der Waals surface area (Å²) in [6.07, 6.45) is 0.563. The number of ether oxygens (including phenoxy) is 1. The Kier molecular flexibility index (Phi) is 5.51. The average Bonchev–Trinajstić information content (AvgIpc) is 2.57. The van der Waals surface area contributed by atoms with E-state index >= 15 is 0 Å². The number of benzene rings is 2. The Morgan fingerprint density at radius 3 is 2.26 bits per heavy atom. The largest absolute Gasteiger partial charge is 0.372 e. The van der Waals surface area contributed by atoms with E-state index in [2.05, 4.69) is 4.72 Å². The lowest BCUT2D eigenvalue weighted by Crippen LogP contribution is -2.42. The standard InChI is InChI=1S/C17H20FNO3S/c1-3-17(22-2,14-9-5-4-6-10-14)13-19-23(20,21)16-12-8-7-11-15(16)18/h4-12,19H,3,13H2,1-2H3. The van der Waals surface area contributed by atoms with Gasteiger partial charge in [0, 0.05) is 13.7 Å². The highest BCUT2D eigenvalue weighted by atomic mass is 32.2. The summed E-state index contributed by atoms with van der Waals surface area (Å²) in [6.45, 7) is 1.93. The topological polar surface area (TPSA) is 55.4 Å². The summed E-state index contributed by atoms with van der Waals surface area (Å²) in [6, 6.07) is 14.7. The molecule has 0 amide bonds. The summed E-state index contributed by atoms with van der Waals surface area (Å²) in [5.74, 6) is -0.778. The predicted octanol–water partition coefficient (Wildman–Crippen LogP) is 3.06. The van der Waals surface area contributed by atoms with Gasteiger partial charge in [-0.05, 0) is 24.1 Å². The van der Waals surface area contributed by atoms with Crippen molar-refractivity contribution >= 4 is 10.0 Å². The van der Waals surface area contributed by atoms with E-state index in [9.17, 15) is 12.8 Å². The van der Waals surface area contributed by atoms with Gasteiger partial charge in [0.2, 0.25) is 10.0 Å². The van der Waals surface area contributed by atoms with Crippen LogP contribution in [-0.4, -0.2) is 22.1 Å². The van der Waals surface area contributed by atoms with Crippen molar-refractivity contribution in [3.05, 3.63) is 66.0 Å². The molecule has 1 N–H and O–H groups in total. The molecule has 0 heterocycles. The molecule has 124 valence electrons. The predicted molar refractivity (Wildman–Crippen MR) is 87.0 cm³/mol. The third kappa shape index (κ3) is 3.77. The molecule has 2 aromatic carbocycles. The molecular formula is C17H20FNO3S. The van der Waals surface area contributed by atoms with Gasteiger partial charge in [0.15, 0.2) is 0 Å². The van der Waals surface area contributed by atoms with Crippen molar-refractivity contribution in [1.29, 1.82) is 0 Å². The second-order valence-corrected chi connectivity index (χ2v) is 6.91. The molecule has 0 aliphatic heterocycles. The molecule has 1 unspecified atom stereocenters. The van der Waals surface area contributed by atoms with Crippen molar-refractivity contribution in [2.24, 2.45) is 0 Å². The van der Waals surface area contributed by atoms with Gasteiger partial charge in [0.05, 0.1) is 0 Å². The Morgan fingerprint density at radius 2 is 1.70 bits per heavy atom. The molecule has 6 heteroatoms. The molecule has 0 saturated carbocycles. The van der Waals surface area contributed by atoms with Crippen molar-refractivity contribution in [1.82, 2.24) is 4.72 Å². The fraction of sp³-hybridized carbons (Fsp3) is 0.294. The fourth-order valence-corrected chi connectivity index (χ4v) is 3.62. The second kappa shape index (κ2) is 7.21. The third-order valence-corrected chi connectivity index (χ3v) is 5.37. The average molecular weight is 337 g/mol. The first kappa shape index (κ1) is 17.6. The monoisotopic (exact) mass is 337 g/mol. The van der Waals surface area contributed by atoms with Crippen molar-refractivity contribution in [2.75, 3.05) is 13.7 Å². The first-order chi connectivity index (χ1) is 10.9. The van der Waals surface area contributed by atoms with Crippen molar-refractivity contribution in [2.45, 2.75) is 23.8 Å².